The molecule has 0 bridgehead atoms. The summed E-state index contributed by atoms with van der Waals surface area (Å²) in [6, 6.07) is 3.88. The molecule has 0 saturated heterocycles. The van der Waals surface area contributed by atoms with Crippen molar-refractivity contribution in [1.82, 2.24) is 5.32 Å². The van der Waals surface area contributed by atoms with E-state index in [4.69, 9.17) is 0 Å². The summed E-state index contributed by atoms with van der Waals surface area (Å²) in [6.45, 7) is 10.3. The van der Waals surface area contributed by atoms with E-state index in [0.717, 1.165) is 6.42 Å². The highest BCUT2D eigenvalue weighted by Gasteiger charge is 2.21. The van der Waals surface area contributed by atoms with Crippen LogP contribution in [0.2, 0.25) is 0 Å². The highest BCUT2D eigenvalue weighted by molar-refractivity contribution is 5.73. The fourth-order valence-electron chi connectivity index (χ4n) is 2.83. The van der Waals surface area contributed by atoms with E-state index < -0.39 is 12.0 Å². The molecule has 0 saturated carbocycles. The molecule has 1 rings (SSSR count). The van der Waals surface area contributed by atoms with E-state index in [0.29, 0.717) is 6.42 Å². The summed E-state index contributed by atoms with van der Waals surface area (Å²) in [7, 11) is 0. The minimum absolute atomic E-state index is 0.0493. The molecule has 0 aliphatic heterocycles. The van der Waals surface area contributed by atoms with Crippen LogP contribution in [0.1, 0.15) is 55.0 Å². The topological polar surface area (TPSA) is 49.3 Å². The van der Waals surface area contributed by atoms with E-state index in [-0.39, 0.29) is 6.04 Å². The Morgan fingerprint density at radius 3 is 2.21 bits per heavy atom. The third kappa shape index (κ3) is 4.06. The lowest BCUT2D eigenvalue weighted by Crippen LogP contribution is -2.38. The maximum atomic E-state index is 11.2. The zero-order chi connectivity index (χ0) is 14.6. The largest absolute Gasteiger partial charge is 0.480 e. The maximum absolute atomic E-state index is 11.2. The van der Waals surface area contributed by atoms with Crippen molar-refractivity contribution in [1.29, 1.82) is 0 Å². The Labute approximate surface area is 116 Å². The molecule has 0 radical (unpaired) electrons. The number of rotatable bonds is 6. The van der Waals surface area contributed by atoms with Gasteiger partial charge >= 0.3 is 5.97 Å². The molecule has 19 heavy (non-hydrogen) atoms. The van der Waals surface area contributed by atoms with Gasteiger partial charge in [0.2, 0.25) is 0 Å². The number of carboxylic acids is 1. The Bertz CT molecular complexity index is 431. The zero-order valence-electron chi connectivity index (χ0n) is 12.6. The average molecular weight is 263 g/mol. The average Bonchev–Trinajstić information content (AvgIpc) is 2.26. The molecule has 0 fully saturated rings. The van der Waals surface area contributed by atoms with E-state index in [1.54, 1.807) is 0 Å². The molecule has 106 valence electrons. The highest BCUT2D eigenvalue weighted by atomic mass is 16.4. The van der Waals surface area contributed by atoms with E-state index >= 15 is 0 Å². The first-order valence-electron chi connectivity index (χ1n) is 6.93. The van der Waals surface area contributed by atoms with Gasteiger partial charge in [0.15, 0.2) is 0 Å². The molecule has 3 nitrogen and oxygen atoms in total. The molecule has 0 aliphatic rings. The summed E-state index contributed by atoms with van der Waals surface area (Å²) in [5.41, 5.74) is 4.90. The molecule has 2 N–H and O–H groups in total. The van der Waals surface area contributed by atoms with Crippen LogP contribution in [0, 0.1) is 20.8 Å². The molecular formula is C16H25NO2. The van der Waals surface area contributed by atoms with Crippen LogP contribution in [-0.4, -0.2) is 17.1 Å². The van der Waals surface area contributed by atoms with Crippen molar-refractivity contribution in [3.63, 3.8) is 0 Å². The van der Waals surface area contributed by atoms with Gasteiger partial charge in [-0.1, -0.05) is 31.0 Å². The summed E-state index contributed by atoms with van der Waals surface area (Å²) in [4.78, 5) is 11.2. The molecule has 0 amide bonds. The molecular weight excluding hydrogens is 238 g/mol. The van der Waals surface area contributed by atoms with Crippen LogP contribution in [0.3, 0.4) is 0 Å². The lowest BCUT2D eigenvalue weighted by molar-refractivity contribution is -0.139. The molecule has 1 aromatic rings. The molecule has 1 aromatic carbocycles. The van der Waals surface area contributed by atoms with Crippen LogP contribution >= 0.6 is 0 Å². The van der Waals surface area contributed by atoms with E-state index in [2.05, 4.69) is 38.2 Å². The number of carboxylic acid groups (broad SMARTS) is 1. The van der Waals surface area contributed by atoms with Crippen molar-refractivity contribution >= 4 is 5.97 Å². The van der Waals surface area contributed by atoms with Crippen LogP contribution in [0.15, 0.2) is 12.1 Å². The normalized spacial score (nSPS) is 14.2. The Kier molecular flexibility index (Phi) is 5.55. The van der Waals surface area contributed by atoms with Crippen LogP contribution in [-0.2, 0) is 4.79 Å². The fourth-order valence-corrected chi connectivity index (χ4v) is 2.83. The lowest BCUT2D eigenvalue weighted by atomic mass is 9.94. The van der Waals surface area contributed by atoms with Gasteiger partial charge in [-0.2, -0.15) is 0 Å². The summed E-state index contributed by atoms with van der Waals surface area (Å²) in [5.74, 6) is -0.767. The monoisotopic (exact) mass is 263 g/mol. The molecule has 3 heteroatoms. The number of nitrogens with one attached hydrogen (secondary N) is 1. The molecule has 0 aromatic heterocycles. The van der Waals surface area contributed by atoms with Crippen LogP contribution in [0.4, 0.5) is 0 Å². The Hall–Kier alpha value is -1.35. The first-order valence-corrected chi connectivity index (χ1v) is 6.93. The fraction of sp³-hybridized carbons (Fsp3) is 0.562. The summed E-state index contributed by atoms with van der Waals surface area (Å²) in [5, 5.41) is 12.5. The maximum Gasteiger partial charge on any atom is 0.320 e. The third-order valence-electron chi connectivity index (χ3n) is 3.50. The summed E-state index contributed by atoms with van der Waals surface area (Å²) in [6.07, 6.45) is 1.52. The van der Waals surface area contributed by atoms with E-state index in [1.807, 2.05) is 13.8 Å². The quantitative estimate of drug-likeness (QED) is 0.825. The van der Waals surface area contributed by atoms with Gasteiger partial charge in [0.1, 0.15) is 6.04 Å². The number of carbonyl (C=O) groups is 1. The van der Waals surface area contributed by atoms with E-state index in [1.165, 1.54) is 22.3 Å². The predicted molar refractivity (Wildman–Crippen MR) is 78.5 cm³/mol. The first kappa shape index (κ1) is 15.7. The van der Waals surface area contributed by atoms with E-state index in [9.17, 15) is 9.90 Å². The minimum atomic E-state index is -0.767. The van der Waals surface area contributed by atoms with Gasteiger partial charge in [0.05, 0.1) is 0 Å². The third-order valence-corrected chi connectivity index (χ3v) is 3.50. The van der Waals surface area contributed by atoms with Gasteiger partial charge in [-0.3, -0.25) is 10.1 Å². The second kappa shape index (κ2) is 6.71. The van der Waals surface area contributed by atoms with Crippen molar-refractivity contribution in [2.75, 3.05) is 0 Å². The summed E-state index contributed by atoms with van der Waals surface area (Å²) >= 11 is 0. The number of benzene rings is 1. The number of aliphatic carboxylic acids is 1. The molecule has 0 spiro atoms. The lowest BCUT2D eigenvalue weighted by Gasteiger charge is -2.23. The predicted octanol–water partition coefficient (Wildman–Crippen LogP) is 3.52. The van der Waals surface area contributed by atoms with Gasteiger partial charge in [-0.15, -0.1) is 0 Å². The minimum Gasteiger partial charge on any atom is -0.480 e. The second-order valence-corrected chi connectivity index (χ2v) is 5.38. The standard InChI is InChI=1S/C16H25NO2/c1-6-7-14(16(18)19)17-13(5)15-11(3)8-10(2)9-12(15)4/h8-9,13-14,17H,6-7H2,1-5H3,(H,18,19). The van der Waals surface area contributed by atoms with Crippen LogP contribution in [0.5, 0.6) is 0 Å². The van der Waals surface area contributed by atoms with Crippen molar-refractivity contribution in [3.05, 3.63) is 34.4 Å². The highest BCUT2D eigenvalue weighted by Crippen LogP contribution is 2.24. The van der Waals surface area contributed by atoms with Gasteiger partial charge in [0.25, 0.3) is 0 Å². The molecule has 0 aliphatic carbocycles. The Morgan fingerprint density at radius 1 is 1.26 bits per heavy atom. The Morgan fingerprint density at radius 2 is 1.79 bits per heavy atom. The van der Waals surface area contributed by atoms with Gasteiger partial charge in [-0.25, -0.2) is 0 Å². The summed E-state index contributed by atoms with van der Waals surface area (Å²) < 4.78 is 0. The van der Waals surface area contributed by atoms with Gasteiger partial charge in [-0.05, 0) is 50.8 Å². The van der Waals surface area contributed by atoms with Crippen molar-refractivity contribution in [3.8, 4) is 0 Å². The molecule has 0 heterocycles. The van der Waals surface area contributed by atoms with Crippen LogP contribution in [0.25, 0.3) is 0 Å². The Balaban J connectivity index is 2.94. The number of hydrogen-bond donors (Lipinski definition) is 2. The van der Waals surface area contributed by atoms with Crippen molar-refractivity contribution in [2.24, 2.45) is 0 Å². The van der Waals surface area contributed by atoms with Gasteiger partial charge < -0.3 is 5.11 Å². The van der Waals surface area contributed by atoms with Crippen molar-refractivity contribution < 1.29 is 9.90 Å². The van der Waals surface area contributed by atoms with Crippen molar-refractivity contribution in [2.45, 2.75) is 59.5 Å². The molecule has 2 unspecified atom stereocenters. The SMILES string of the molecule is CCCC(NC(C)c1c(C)cc(C)cc1C)C(=O)O. The first-order chi connectivity index (χ1) is 8.86. The van der Waals surface area contributed by atoms with Crippen LogP contribution < -0.4 is 5.32 Å². The zero-order valence-corrected chi connectivity index (χ0v) is 12.6. The number of hydrogen-bond acceptors (Lipinski definition) is 2. The van der Waals surface area contributed by atoms with Gasteiger partial charge in [0, 0.05) is 6.04 Å². The molecule has 2 atom stereocenters. The number of aryl methyl sites for hydroxylation is 3. The second-order valence-electron chi connectivity index (χ2n) is 5.38. The smallest absolute Gasteiger partial charge is 0.320 e.